The largest absolute Gasteiger partial charge is 0.378 e. The fourth-order valence-corrected chi connectivity index (χ4v) is 2.23. The quantitative estimate of drug-likeness (QED) is 0.710. The Morgan fingerprint density at radius 2 is 2.05 bits per heavy atom. The van der Waals surface area contributed by atoms with Crippen molar-refractivity contribution in [1.29, 1.82) is 0 Å². The maximum atomic E-state index is 12.7. The van der Waals surface area contributed by atoms with E-state index in [0.717, 1.165) is 22.3 Å². The second-order valence-electron chi connectivity index (χ2n) is 4.19. The van der Waals surface area contributed by atoms with Crippen LogP contribution in [0.15, 0.2) is 42.6 Å². The second kappa shape index (κ2) is 4.90. The average molecular weight is 276 g/mol. The predicted molar refractivity (Wildman–Crippen MR) is 74.8 cm³/mol. The summed E-state index contributed by atoms with van der Waals surface area (Å²) in [6, 6.07) is 10.8. The van der Waals surface area contributed by atoms with Gasteiger partial charge in [0.05, 0.1) is 29.1 Å². The molecule has 0 aliphatic carbocycles. The number of halogens is 2. The summed E-state index contributed by atoms with van der Waals surface area (Å²) in [5, 5.41) is 4.85. The van der Waals surface area contributed by atoms with Crippen LogP contribution in [0.25, 0.3) is 10.9 Å². The normalized spacial score (nSPS) is 10.8. The standard InChI is InChI=1S/C14H11ClFN3/c15-14-10-3-1-2-4-11(10)19-12(14)8-17-9-5-6-13(16)18-7-9/h1-7,17,19H,8H2. The first-order valence-electron chi connectivity index (χ1n) is 5.84. The summed E-state index contributed by atoms with van der Waals surface area (Å²) in [5.74, 6) is -0.491. The number of hydrogen-bond donors (Lipinski definition) is 2. The van der Waals surface area contributed by atoms with E-state index in [1.807, 2.05) is 24.3 Å². The number of aromatic amines is 1. The van der Waals surface area contributed by atoms with Crippen molar-refractivity contribution in [2.24, 2.45) is 0 Å². The zero-order valence-corrected chi connectivity index (χ0v) is 10.7. The SMILES string of the molecule is Fc1ccc(NCc2[nH]c3ccccc3c2Cl)cn1. The topological polar surface area (TPSA) is 40.7 Å². The molecule has 0 aliphatic rings. The van der Waals surface area contributed by atoms with Gasteiger partial charge in [0.25, 0.3) is 0 Å². The number of para-hydroxylation sites is 1. The van der Waals surface area contributed by atoms with E-state index < -0.39 is 5.95 Å². The molecule has 19 heavy (non-hydrogen) atoms. The highest BCUT2D eigenvalue weighted by Gasteiger charge is 2.08. The average Bonchev–Trinajstić information content (AvgIpc) is 2.76. The Kier molecular flexibility index (Phi) is 3.09. The molecule has 0 saturated heterocycles. The van der Waals surface area contributed by atoms with Crippen molar-refractivity contribution in [3.63, 3.8) is 0 Å². The minimum absolute atomic E-state index is 0.491. The number of nitrogens with zero attached hydrogens (tertiary/aromatic N) is 1. The molecule has 3 aromatic rings. The molecule has 5 heteroatoms. The Bertz CT molecular complexity index is 706. The number of nitrogens with one attached hydrogen (secondary N) is 2. The fraction of sp³-hybridized carbons (Fsp3) is 0.0714. The molecule has 0 bridgehead atoms. The third-order valence-corrected chi connectivity index (χ3v) is 3.34. The lowest BCUT2D eigenvalue weighted by molar-refractivity contribution is 0.584. The number of hydrogen-bond acceptors (Lipinski definition) is 2. The van der Waals surface area contributed by atoms with E-state index in [4.69, 9.17) is 11.6 Å². The lowest BCUT2D eigenvalue weighted by Crippen LogP contribution is -2.00. The number of anilines is 1. The van der Waals surface area contributed by atoms with Gasteiger partial charge in [0.1, 0.15) is 0 Å². The van der Waals surface area contributed by atoms with Gasteiger partial charge in [0.2, 0.25) is 5.95 Å². The minimum Gasteiger partial charge on any atom is -0.378 e. The molecule has 0 fully saturated rings. The molecule has 2 aromatic heterocycles. The number of fused-ring (bicyclic) bond motifs is 1. The molecular formula is C14H11ClFN3. The summed E-state index contributed by atoms with van der Waals surface area (Å²) in [4.78, 5) is 6.84. The van der Waals surface area contributed by atoms with E-state index in [-0.39, 0.29) is 0 Å². The van der Waals surface area contributed by atoms with Crippen LogP contribution in [0.4, 0.5) is 10.1 Å². The van der Waals surface area contributed by atoms with Crippen molar-refractivity contribution in [2.45, 2.75) is 6.54 Å². The molecule has 3 rings (SSSR count). The van der Waals surface area contributed by atoms with Gasteiger partial charge in [-0.05, 0) is 18.2 Å². The Hall–Kier alpha value is -2.07. The second-order valence-corrected chi connectivity index (χ2v) is 4.56. The number of benzene rings is 1. The van der Waals surface area contributed by atoms with Crippen molar-refractivity contribution < 1.29 is 4.39 Å². The zero-order chi connectivity index (χ0) is 13.2. The molecule has 0 saturated carbocycles. The number of pyridine rings is 1. The smallest absolute Gasteiger partial charge is 0.212 e. The van der Waals surface area contributed by atoms with Crippen LogP contribution in [0, 0.1) is 5.95 Å². The maximum absolute atomic E-state index is 12.7. The van der Waals surface area contributed by atoms with Gasteiger partial charge in [-0.25, -0.2) is 4.98 Å². The Balaban J connectivity index is 1.82. The molecule has 0 aliphatic heterocycles. The number of H-pyrrole nitrogens is 1. The molecule has 3 nitrogen and oxygen atoms in total. The van der Waals surface area contributed by atoms with Gasteiger partial charge in [0.15, 0.2) is 0 Å². The van der Waals surface area contributed by atoms with Gasteiger partial charge in [-0.2, -0.15) is 4.39 Å². The van der Waals surface area contributed by atoms with Crippen LogP contribution in [-0.4, -0.2) is 9.97 Å². The molecule has 0 atom stereocenters. The molecule has 1 aromatic carbocycles. The lowest BCUT2D eigenvalue weighted by Gasteiger charge is -2.04. The van der Waals surface area contributed by atoms with Gasteiger partial charge >= 0.3 is 0 Å². The number of rotatable bonds is 3. The highest BCUT2D eigenvalue weighted by molar-refractivity contribution is 6.36. The number of aromatic nitrogens is 2. The van der Waals surface area contributed by atoms with E-state index >= 15 is 0 Å². The van der Waals surface area contributed by atoms with Gasteiger partial charge in [-0.3, -0.25) is 0 Å². The molecular weight excluding hydrogens is 265 g/mol. The van der Waals surface area contributed by atoms with E-state index in [2.05, 4.69) is 15.3 Å². The van der Waals surface area contributed by atoms with E-state index in [1.165, 1.54) is 12.3 Å². The first-order valence-corrected chi connectivity index (χ1v) is 6.22. The summed E-state index contributed by atoms with van der Waals surface area (Å²) in [6.45, 7) is 0.529. The van der Waals surface area contributed by atoms with Crippen molar-refractivity contribution in [1.82, 2.24) is 9.97 Å². The fourth-order valence-electron chi connectivity index (χ4n) is 1.96. The third kappa shape index (κ3) is 2.39. The summed E-state index contributed by atoms with van der Waals surface area (Å²) in [7, 11) is 0. The highest BCUT2D eigenvalue weighted by Crippen LogP contribution is 2.27. The summed E-state index contributed by atoms with van der Waals surface area (Å²) < 4.78 is 12.7. The summed E-state index contributed by atoms with van der Waals surface area (Å²) in [6.07, 6.45) is 1.45. The third-order valence-electron chi connectivity index (χ3n) is 2.91. The van der Waals surface area contributed by atoms with Gasteiger partial charge < -0.3 is 10.3 Å². The van der Waals surface area contributed by atoms with Crippen LogP contribution in [0.2, 0.25) is 5.02 Å². The zero-order valence-electron chi connectivity index (χ0n) is 9.95. The molecule has 0 amide bonds. The van der Waals surface area contributed by atoms with Crippen LogP contribution in [-0.2, 0) is 6.54 Å². The maximum Gasteiger partial charge on any atom is 0.212 e. The minimum atomic E-state index is -0.491. The van der Waals surface area contributed by atoms with Crippen LogP contribution in [0.1, 0.15) is 5.69 Å². The van der Waals surface area contributed by atoms with Gasteiger partial charge in [-0.1, -0.05) is 29.8 Å². The molecule has 0 unspecified atom stereocenters. The van der Waals surface area contributed by atoms with Crippen LogP contribution < -0.4 is 5.32 Å². The van der Waals surface area contributed by atoms with Crippen LogP contribution in [0.3, 0.4) is 0 Å². The Morgan fingerprint density at radius 3 is 2.79 bits per heavy atom. The van der Waals surface area contributed by atoms with Crippen molar-refractivity contribution >= 4 is 28.2 Å². The van der Waals surface area contributed by atoms with Crippen LogP contribution in [0.5, 0.6) is 0 Å². The monoisotopic (exact) mass is 275 g/mol. The van der Waals surface area contributed by atoms with Crippen molar-refractivity contribution in [3.8, 4) is 0 Å². The predicted octanol–water partition coefficient (Wildman–Crippen LogP) is 3.97. The van der Waals surface area contributed by atoms with Crippen molar-refractivity contribution in [3.05, 3.63) is 59.3 Å². The molecule has 96 valence electrons. The van der Waals surface area contributed by atoms with E-state index in [9.17, 15) is 4.39 Å². The van der Waals surface area contributed by atoms with Gasteiger partial charge in [0, 0.05) is 10.9 Å². The summed E-state index contributed by atoms with van der Waals surface area (Å²) in [5.41, 5.74) is 2.64. The van der Waals surface area contributed by atoms with Gasteiger partial charge in [-0.15, -0.1) is 0 Å². The van der Waals surface area contributed by atoms with Crippen LogP contribution >= 0.6 is 11.6 Å². The van der Waals surface area contributed by atoms with E-state index in [0.29, 0.717) is 11.6 Å². The van der Waals surface area contributed by atoms with E-state index in [1.54, 1.807) is 6.07 Å². The molecule has 0 radical (unpaired) electrons. The first-order chi connectivity index (χ1) is 9.24. The first kappa shape index (κ1) is 12.0. The summed E-state index contributed by atoms with van der Waals surface area (Å²) >= 11 is 6.30. The van der Waals surface area contributed by atoms with Crippen molar-refractivity contribution in [2.75, 3.05) is 5.32 Å². The molecule has 0 spiro atoms. The Morgan fingerprint density at radius 1 is 1.21 bits per heavy atom. The molecule has 2 heterocycles. The molecule has 2 N–H and O–H groups in total. The lowest BCUT2D eigenvalue weighted by atomic mass is 10.2. The Labute approximate surface area is 114 Å². The highest BCUT2D eigenvalue weighted by atomic mass is 35.5.